The van der Waals surface area contributed by atoms with E-state index in [1.807, 2.05) is 49.4 Å². The Morgan fingerprint density at radius 1 is 1.00 bits per heavy atom. The van der Waals surface area contributed by atoms with Crippen molar-refractivity contribution in [1.29, 1.82) is 0 Å². The van der Waals surface area contributed by atoms with Crippen molar-refractivity contribution in [3.05, 3.63) is 53.6 Å². The Hall–Kier alpha value is -3.42. The van der Waals surface area contributed by atoms with Gasteiger partial charge in [-0.2, -0.15) is 4.80 Å². The number of nitrogens with zero attached hydrogens (tertiary/aromatic N) is 5. The van der Waals surface area contributed by atoms with Crippen LogP contribution in [0.25, 0.3) is 11.4 Å². The van der Waals surface area contributed by atoms with E-state index in [1.165, 1.54) is 10.4 Å². The Morgan fingerprint density at radius 2 is 1.70 bits per heavy atom. The molecular formula is C22H27N5O3. The highest BCUT2D eigenvalue weighted by Crippen LogP contribution is 2.28. The minimum atomic E-state index is -0.0856. The van der Waals surface area contributed by atoms with Crippen LogP contribution in [0.2, 0.25) is 0 Å². The molecule has 2 aromatic carbocycles. The molecule has 8 heteroatoms. The van der Waals surface area contributed by atoms with Crippen LogP contribution in [0.1, 0.15) is 25.0 Å². The van der Waals surface area contributed by atoms with Gasteiger partial charge < -0.3 is 14.4 Å². The summed E-state index contributed by atoms with van der Waals surface area (Å²) >= 11 is 0. The number of hydrogen-bond donors (Lipinski definition) is 0. The summed E-state index contributed by atoms with van der Waals surface area (Å²) in [5.41, 5.74) is 3.07. The molecule has 30 heavy (non-hydrogen) atoms. The first-order valence-corrected chi connectivity index (χ1v) is 9.93. The number of hydrogen-bond acceptors (Lipinski definition) is 6. The summed E-state index contributed by atoms with van der Waals surface area (Å²) in [6.07, 6.45) is 0.974. The highest BCUT2D eigenvalue weighted by atomic mass is 16.5. The van der Waals surface area contributed by atoms with E-state index < -0.39 is 0 Å². The van der Waals surface area contributed by atoms with Gasteiger partial charge in [-0.15, -0.1) is 10.2 Å². The van der Waals surface area contributed by atoms with Crippen LogP contribution in [-0.4, -0.2) is 51.8 Å². The maximum absolute atomic E-state index is 12.8. The lowest BCUT2D eigenvalue weighted by Gasteiger charge is -2.21. The third-order valence-corrected chi connectivity index (χ3v) is 4.91. The maximum atomic E-state index is 12.8. The second-order valence-corrected chi connectivity index (χ2v) is 6.79. The molecule has 0 aliphatic carbocycles. The standard InChI is InChI=1S/C22H27N5O3/c1-5-16-7-10-18(11-8-16)22-23-25-27(24-22)15-21(28)26(6-2)14-17-9-12-19(29-3)20(13-17)30-4/h7-13H,5-6,14-15H2,1-4H3. The molecule has 0 saturated heterocycles. The molecule has 0 bridgehead atoms. The molecule has 0 saturated carbocycles. The van der Waals surface area contributed by atoms with E-state index in [0.717, 1.165) is 17.5 Å². The Morgan fingerprint density at radius 3 is 2.33 bits per heavy atom. The van der Waals surface area contributed by atoms with Crippen LogP contribution in [0.15, 0.2) is 42.5 Å². The number of aromatic nitrogens is 4. The van der Waals surface area contributed by atoms with Crippen LogP contribution >= 0.6 is 0 Å². The first-order valence-electron chi connectivity index (χ1n) is 9.93. The number of benzene rings is 2. The van der Waals surface area contributed by atoms with E-state index in [4.69, 9.17) is 9.47 Å². The molecule has 158 valence electrons. The van der Waals surface area contributed by atoms with Crippen LogP contribution in [-0.2, 0) is 24.3 Å². The van der Waals surface area contributed by atoms with Gasteiger partial charge in [0.05, 0.1) is 14.2 Å². The minimum Gasteiger partial charge on any atom is -0.493 e. The molecule has 0 unspecified atom stereocenters. The predicted molar refractivity (Wildman–Crippen MR) is 113 cm³/mol. The van der Waals surface area contributed by atoms with E-state index in [1.54, 1.807) is 19.1 Å². The second-order valence-electron chi connectivity index (χ2n) is 6.79. The highest BCUT2D eigenvalue weighted by molar-refractivity contribution is 5.75. The van der Waals surface area contributed by atoms with Crippen LogP contribution in [0, 0.1) is 0 Å². The maximum Gasteiger partial charge on any atom is 0.246 e. The van der Waals surface area contributed by atoms with E-state index in [2.05, 4.69) is 22.3 Å². The molecule has 1 amide bonds. The van der Waals surface area contributed by atoms with Gasteiger partial charge in [0.15, 0.2) is 11.5 Å². The van der Waals surface area contributed by atoms with Crippen molar-refractivity contribution in [1.82, 2.24) is 25.1 Å². The highest BCUT2D eigenvalue weighted by Gasteiger charge is 2.16. The fourth-order valence-electron chi connectivity index (χ4n) is 3.11. The molecule has 3 aromatic rings. The number of amides is 1. The second kappa shape index (κ2) is 9.87. The first-order chi connectivity index (χ1) is 14.6. The number of ether oxygens (including phenoxy) is 2. The predicted octanol–water partition coefficient (Wildman–Crippen LogP) is 2.97. The van der Waals surface area contributed by atoms with Gasteiger partial charge in [-0.1, -0.05) is 37.3 Å². The van der Waals surface area contributed by atoms with Crippen molar-refractivity contribution in [2.75, 3.05) is 20.8 Å². The summed E-state index contributed by atoms with van der Waals surface area (Å²) in [6, 6.07) is 13.7. The largest absolute Gasteiger partial charge is 0.493 e. The summed E-state index contributed by atoms with van der Waals surface area (Å²) in [5, 5.41) is 12.5. The zero-order valence-corrected chi connectivity index (χ0v) is 17.8. The topological polar surface area (TPSA) is 82.4 Å². The molecule has 0 spiro atoms. The van der Waals surface area contributed by atoms with E-state index >= 15 is 0 Å². The van der Waals surface area contributed by atoms with Crippen molar-refractivity contribution >= 4 is 5.91 Å². The smallest absolute Gasteiger partial charge is 0.246 e. The Bertz CT molecular complexity index is 985. The summed E-state index contributed by atoms with van der Waals surface area (Å²) in [4.78, 5) is 15.9. The molecule has 0 aliphatic heterocycles. The van der Waals surface area contributed by atoms with Crippen molar-refractivity contribution in [2.24, 2.45) is 0 Å². The Labute approximate surface area is 176 Å². The summed E-state index contributed by atoms with van der Waals surface area (Å²) < 4.78 is 10.6. The fraction of sp³-hybridized carbons (Fsp3) is 0.364. The van der Waals surface area contributed by atoms with Gasteiger partial charge in [0, 0.05) is 18.7 Å². The lowest BCUT2D eigenvalue weighted by molar-refractivity contribution is -0.132. The lowest BCUT2D eigenvalue weighted by Crippen LogP contribution is -2.33. The van der Waals surface area contributed by atoms with Crippen molar-refractivity contribution in [3.8, 4) is 22.9 Å². The quantitative estimate of drug-likeness (QED) is 0.540. The van der Waals surface area contributed by atoms with E-state index in [9.17, 15) is 4.79 Å². The lowest BCUT2D eigenvalue weighted by atomic mass is 10.1. The molecule has 0 fully saturated rings. The van der Waals surface area contributed by atoms with Crippen LogP contribution < -0.4 is 9.47 Å². The third kappa shape index (κ3) is 4.94. The van der Waals surface area contributed by atoms with Crippen molar-refractivity contribution < 1.29 is 14.3 Å². The molecular weight excluding hydrogens is 382 g/mol. The number of likely N-dealkylation sites (N-methyl/N-ethyl adjacent to an activating group) is 1. The van der Waals surface area contributed by atoms with Gasteiger partial charge in [0.2, 0.25) is 11.7 Å². The van der Waals surface area contributed by atoms with Crippen molar-refractivity contribution in [3.63, 3.8) is 0 Å². The zero-order chi connectivity index (χ0) is 21.5. The Kier molecular flexibility index (Phi) is 7.00. The van der Waals surface area contributed by atoms with Gasteiger partial charge in [0.1, 0.15) is 6.54 Å². The molecule has 3 rings (SSSR count). The summed E-state index contributed by atoms with van der Waals surface area (Å²) in [6.45, 7) is 5.09. The number of carbonyl (C=O) groups is 1. The van der Waals surface area contributed by atoms with Crippen LogP contribution in [0.4, 0.5) is 0 Å². The number of tetrazole rings is 1. The SMILES string of the molecule is CCc1ccc(-c2nnn(CC(=O)N(CC)Cc3ccc(OC)c(OC)c3)n2)cc1. The van der Waals surface area contributed by atoms with Gasteiger partial charge >= 0.3 is 0 Å². The average Bonchev–Trinajstić information content (AvgIpc) is 3.25. The average molecular weight is 409 g/mol. The normalized spacial score (nSPS) is 10.7. The molecule has 0 atom stereocenters. The number of rotatable bonds is 9. The van der Waals surface area contributed by atoms with Gasteiger partial charge in [-0.05, 0) is 41.8 Å². The molecule has 0 radical (unpaired) electrons. The summed E-state index contributed by atoms with van der Waals surface area (Å²) in [5.74, 6) is 1.71. The zero-order valence-electron chi connectivity index (χ0n) is 17.8. The molecule has 1 heterocycles. The fourth-order valence-corrected chi connectivity index (χ4v) is 3.11. The summed E-state index contributed by atoms with van der Waals surface area (Å²) in [7, 11) is 3.19. The number of methoxy groups -OCH3 is 2. The Balaban J connectivity index is 1.67. The van der Waals surface area contributed by atoms with Gasteiger partial charge in [-0.25, -0.2) is 0 Å². The molecule has 0 N–H and O–H groups in total. The van der Waals surface area contributed by atoms with Crippen molar-refractivity contribution in [2.45, 2.75) is 33.4 Å². The first kappa shape index (κ1) is 21.3. The van der Waals surface area contributed by atoms with Gasteiger partial charge in [-0.3, -0.25) is 4.79 Å². The number of aryl methyl sites for hydroxylation is 1. The van der Waals surface area contributed by atoms with Crippen LogP contribution in [0.5, 0.6) is 11.5 Å². The minimum absolute atomic E-state index is 0.0289. The van der Waals surface area contributed by atoms with Gasteiger partial charge in [0.25, 0.3) is 0 Å². The van der Waals surface area contributed by atoms with E-state index in [0.29, 0.717) is 30.4 Å². The molecule has 8 nitrogen and oxygen atoms in total. The molecule has 0 aliphatic rings. The molecule has 1 aromatic heterocycles. The number of carbonyl (C=O) groups excluding carboxylic acids is 1. The van der Waals surface area contributed by atoms with Crippen LogP contribution in [0.3, 0.4) is 0 Å². The third-order valence-electron chi connectivity index (χ3n) is 4.91. The monoisotopic (exact) mass is 409 g/mol. The van der Waals surface area contributed by atoms with E-state index in [-0.39, 0.29) is 12.5 Å².